The Morgan fingerprint density at radius 3 is 2.64 bits per heavy atom. The van der Waals surface area contributed by atoms with Gasteiger partial charge in [0.05, 0.1) is 22.9 Å². The lowest BCUT2D eigenvalue weighted by Gasteiger charge is -2.19. The van der Waals surface area contributed by atoms with Gasteiger partial charge in [-0.1, -0.05) is 38.0 Å². The summed E-state index contributed by atoms with van der Waals surface area (Å²) in [7, 11) is 0. The number of thiocarbonyl (C=S) groups is 1. The molecule has 0 fully saturated rings. The van der Waals surface area contributed by atoms with Crippen LogP contribution < -0.4 is 0 Å². The lowest BCUT2D eigenvalue weighted by atomic mass is 9.93. The van der Waals surface area contributed by atoms with Crippen molar-refractivity contribution in [3.05, 3.63) is 35.9 Å². The van der Waals surface area contributed by atoms with Crippen LogP contribution in [0.3, 0.4) is 0 Å². The zero-order chi connectivity index (χ0) is 16.4. The van der Waals surface area contributed by atoms with Crippen LogP contribution >= 0.6 is 12.2 Å². The smallest absolute Gasteiger partial charge is 0.338 e. The van der Waals surface area contributed by atoms with Gasteiger partial charge in [-0.3, -0.25) is 0 Å². The van der Waals surface area contributed by atoms with Gasteiger partial charge in [0.1, 0.15) is 0 Å². The fourth-order valence-corrected chi connectivity index (χ4v) is 2.46. The van der Waals surface area contributed by atoms with Crippen LogP contribution in [0.5, 0.6) is 0 Å². The Bertz CT molecular complexity index is 507. The number of carbonyl (C=O) groups excluding carboxylic acids is 1. The molecule has 0 aliphatic carbocycles. The van der Waals surface area contributed by atoms with E-state index in [0.717, 1.165) is 25.7 Å². The number of rotatable bonds is 9. The van der Waals surface area contributed by atoms with Crippen LogP contribution in [-0.2, 0) is 4.74 Å². The van der Waals surface area contributed by atoms with E-state index in [9.17, 15) is 4.79 Å². The maximum absolute atomic E-state index is 11.8. The molecule has 0 aliphatic heterocycles. The number of carbonyl (C=O) groups is 1. The summed E-state index contributed by atoms with van der Waals surface area (Å²) in [6, 6.07) is 9.09. The highest BCUT2D eigenvalue weighted by Crippen LogP contribution is 2.20. The molecule has 0 saturated heterocycles. The first kappa shape index (κ1) is 18.5. The molecule has 120 valence electrons. The van der Waals surface area contributed by atoms with Crippen LogP contribution in [0.25, 0.3) is 0 Å². The standard InChI is InChI=1S/C18H25NO2S/c1-15(8-7-12-18(2,3)19-14-22)11-13-21-17(20)16-9-5-4-6-10-16/h4-6,9-10,15H,7-8,11-13H2,1-3H3. The number of hydrogen-bond acceptors (Lipinski definition) is 4. The summed E-state index contributed by atoms with van der Waals surface area (Å²) in [6.07, 6.45) is 4.06. The molecule has 1 unspecified atom stereocenters. The molecule has 22 heavy (non-hydrogen) atoms. The third-order valence-electron chi connectivity index (χ3n) is 3.69. The first-order valence-corrected chi connectivity index (χ1v) is 8.16. The van der Waals surface area contributed by atoms with Crippen LogP contribution in [0, 0.1) is 5.92 Å². The number of ether oxygens (including phenoxy) is 1. The minimum atomic E-state index is -0.246. The first-order valence-electron chi connectivity index (χ1n) is 7.76. The normalized spacial score (nSPS) is 12.3. The molecule has 1 atom stereocenters. The summed E-state index contributed by atoms with van der Waals surface area (Å²) in [5, 5.41) is 2.46. The second-order valence-corrected chi connectivity index (χ2v) is 6.49. The molecule has 1 aromatic carbocycles. The lowest BCUT2D eigenvalue weighted by molar-refractivity contribution is 0.0483. The molecule has 1 rings (SSSR count). The highest BCUT2D eigenvalue weighted by atomic mass is 32.1. The molecule has 4 heteroatoms. The Hall–Kier alpha value is -1.51. The monoisotopic (exact) mass is 319 g/mol. The van der Waals surface area contributed by atoms with Gasteiger partial charge in [-0.15, -0.1) is 0 Å². The fraction of sp³-hybridized carbons (Fsp3) is 0.556. The molecule has 0 amide bonds. The van der Waals surface area contributed by atoms with E-state index in [1.807, 2.05) is 18.2 Å². The zero-order valence-corrected chi connectivity index (χ0v) is 14.5. The van der Waals surface area contributed by atoms with E-state index in [-0.39, 0.29) is 11.5 Å². The van der Waals surface area contributed by atoms with Crippen molar-refractivity contribution in [1.82, 2.24) is 0 Å². The van der Waals surface area contributed by atoms with E-state index in [1.54, 1.807) is 12.1 Å². The minimum Gasteiger partial charge on any atom is -0.462 e. The maximum atomic E-state index is 11.8. The quantitative estimate of drug-likeness (QED) is 0.368. The summed E-state index contributed by atoms with van der Waals surface area (Å²) >= 11 is 4.66. The van der Waals surface area contributed by atoms with Crippen molar-refractivity contribution >= 4 is 23.3 Å². The van der Waals surface area contributed by atoms with Gasteiger partial charge in [0, 0.05) is 0 Å². The number of nitrogens with zero attached hydrogens (tertiary/aromatic N) is 1. The molecule has 0 saturated carbocycles. The van der Waals surface area contributed by atoms with Crippen LogP contribution in [0.2, 0.25) is 0 Å². The number of esters is 1. The van der Waals surface area contributed by atoms with Crippen molar-refractivity contribution in [2.75, 3.05) is 6.61 Å². The van der Waals surface area contributed by atoms with E-state index in [2.05, 4.69) is 43.1 Å². The highest BCUT2D eigenvalue weighted by Gasteiger charge is 2.16. The molecule has 0 N–H and O–H groups in total. The average molecular weight is 319 g/mol. The molecule has 0 radical (unpaired) electrons. The molecular weight excluding hydrogens is 294 g/mol. The van der Waals surface area contributed by atoms with E-state index >= 15 is 0 Å². The van der Waals surface area contributed by atoms with E-state index in [1.165, 1.54) is 0 Å². The number of isothiocyanates is 1. The third-order valence-corrected chi connectivity index (χ3v) is 3.78. The molecule has 1 aromatic rings. The predicted molar refractivity (Wildman–Crippen MR) is 93.5 cm³/mol. The van der Waals surface area contributed by atoms with Crippen molar-refractivity contribution in [1.29, 1.82) is 0 Å². The summed E-state index contributed by atoms with van der Waals surface area (Å²) < 4.78 is 5.30. The van der Waals surface area contributed by atoms with E-state index in [4.69, 9.17) is 4.74 Å². The SMILES string of the molecule is CC(CCCC(C)(C)N=C=S)CCOC(=O)c1ccccc1. The second-order valence-electron chi connectivity index (χ2n) is 6.30. The average Bonchev–Trinajstić information content (AvgIpc) is 2.47. The van der Waals surface area contributed by atoms with Gasteiger partial charge in [-0.2, -0.15) is 0 Å². The Kier molecular flexibility index (Phi) is 8.00. The van der Waals surface area contributed by atoms with Gasteiger partial charge in [0.15, 0.2) is 0 Å². The van der Waals surface area contributed by atoms with Crippen LogP contribution in [0.1, 0.15) is 56.8 Å². The summed E-state index contributed by atoms with van der Waals surface area (Å²) in [5.74, 6) is 0.278. The van der Waals surface area contributed by atoms with Crippen LogP contribution in [0.4, 0.5) is 0 Å². The van der Waals surface area contributed by atoms with Crippen molar-refractivity contribution < 1.29 is 9.53 Å². The number of benzene rings is 1. The summed E-state index contributed by atoms with van der Waals surface area (Å²) in [4.78, 5) is 16.0. The summed E-state index contributed by atoms with van der Waals surface area (Å²) in [5.41, 5.74) is 0.483. The Morgan fingerprint density at radius 1 is 1.32 bits per heavy atom. The second kappa shape index (κ2) is 9.50. The van der Waals surface area contributed by atoms with Gasteiger partial charge in [-0.05, 0) is 57.0 Å². The largest absolute Gasteiger partial charge is 0.462 e. The van der Waals surface area contributed by atoms with Crippen molar-refractivity contribution in [2.45, 2.75) is 52.0 Å². The Morgan fingerprint density at radius 2 is 2.00 bits per heavy atom. The molecule has 0 spiro atoms. The minimum absolute atomic E-state index is 0.124. The molecular formula is C18H25NO2S. The predicted octanol–water partition coefficient (Wildman–Crippen LogP) is 4.92. The number of aliphatic imine (C=N–C) groups is 1. The molecule has 3 nitrogen and oxygen atoms in total. The summed E-state index contributed by atoms with van der Waals surface area (Å²) in [6.45, 7) is 6.79. The Balaban J connectivity index is 2.20. The van der Waals surface area contributed by atoms with Crippen molar-refractivity contribution in [3.8, 4) is 0 Å². The first-order chi connectivity index (χ1) is 10.4. The van der Waals surface area contributed by atoms with Crippen molar-refractivity contribution in [2.24, 2.45) is 10.9 Å². The van der Waals surface area contributed by atoms with Gasteiger partial charge >= 0.3 is 5.97 Å². The van der Waals surface area contributed by atoms with Gasteiger partial charge in [0.25, 0.3) is 0 Å². The molecule has 0 aliphatic rings. The molecule has 0 aromatic heterocycles. The van der Waals surface area contributed by atoms with E-state index < -0.39 is 0 Å². The fourth-order valence-electron chi connectivity index (χ4n) is 2.22. The van der Waals surface area contributed by atoms with Crippen LogP contribution in [-0.4, -0.2) is 23.3 Å². The lowest BCUT2D eigenvalue weighted by Crippen LogP contribution is -2.16. The van der Waals surface area contributed by atoms with Crippen LogP contribution in [0.15, 0.2) is 35.3 Å². The Labute approximate surface area is 138 Å². The van der Waals surface area contributed by atoms with Crippen molar-refractivity contribution in [3.63, 3.8) is 0 Å². The van der Waals surface area contributed by atoms with Gasteiger partial charge < -0.3 is 4.74 Å². The molecule has 0 heterocycles. The van der Waals surface area contributed by atoms with Gasteiger partial charge in [-0.25, -0.2) is 9.79 Å². The number of hydrogen-bond donors (Lipinski definition) is 0. The highest BCUT2D eigenvalue weighted by molar-refractivity contribution is 7.78. The topological polar surface area (TPSA) is 38.7 Å². The third kappa shape index (κ3) is 7.48. The molecule has 0 bridgehead atoms. The maximum Gasteiger partial charge on any atom is 0.338 e. The van der Waals surface area contributed by atoms with E-state index in [0.29, 0.717) is 18.1 Å². The van der Waals surface area contributed by atoms with Gasteiger partial charge in [0.2, 0.25) is 0 Å². The zero-order valence-electron chi connectivity index (χ0n) is 13.7.